The van der Waals surface area contributed by atoms with Crippen molar-refractivity contribution in [1.29, 1.82) is 0 Å². The minimum Gasteiger partial charge on any atom is -0.273 e. The molecule has 296 valence electrons. The second kappa shape index (κ2) is 21.3. The molecule has 0 atom stereocenters. The maximum atomic E-state index is 5.88. The summed E-state index contributed by atoms with van der Waals surface area (Å²) in [7, 11) is 0. The van der Waals surface area contributed by atoms with Gasteiger partial charge in [-0.3, -0.25) is 6.08 Å². The van der Waals surface area contributed by atoms with Crippen molar-refractivity contribution in [2.45, 2.75) is 78.1 Å². The van der Waals surface area contributed by atoms with E-state index in [4.69, 9.17) is 23.2 Å². The summed E-state index contributed by atoms with van der Waals surface area (Å²) in [6.07, 6.45) is 13.0. The first-order valence-electron chi connectivity index (χ1n) is 19.4. The molecular weight excluding hydrogens is 870 g/mol. The summed E-state index contributed by atoms with van der Waals surface area (Å²) < 4.78 is 1.52. The monoisotopic (exact) mass is 918 g/mol. The predicted octanol–water partition coefficient (Wildman–Crippen LogP) is 15.6. The van der Waals surface area contributed by atoms with E-state index >= 15 is 0 Å². The molecule has 0 fully saturated rings. The summed E-state index contributed by atoms with van der Waals surface area (Å²) in [5.41, 5.74) is 16.1. The van der Waals surface area contributed by atoms with Crippen molar-refractivity contribution < 1.29 is 24.2 Å². The van der Waals surface area contributed by atoms with E-state index in [2.05, 4.69) is 163 Å². The summed E-state index contributed by atoms with van der Waals surface area (Å²) in [5, 5.41) is 1.59. The molecule has 0 saturated carbocycles. The van der Waals surface area contributed by atoms with Gasteiger partial charge in [-0.2, -0.15) is 6.08 Å². The average Bonchev–Trinajstić information content (AvgIpc) is 3.88. The molecule has 6 aromatic carbocycles. The Morgan fingerprint density at radius 2 is 1.10 bits per heavy atom. The largest absolute Gasteiger partial charge is 0.273 e. The number of hydrogen-bond donors (Lipinski definition) is 0. The molecule has 58 heavy (non-hydrogen) atoms. The Balaban J connectivity index is 0.000000250. The van der Waals surface area contributed by atoms with Crippen molar-refractivity contribution in [3.05, 3.63) is 201 Å². The molecule has 8 rings (SSSR count). The number of fused-ring (bicyclic) bond motifs is 3. The van der Waals surface area contributed by atoms with Gasteiger partial charge < -0.3 is 0 Å². The van der Waals surface area contributed by atoms with Crippen LogP contribution in [0.4, 0.5) is 0 Å². The van der Waals surface area contributed by atoms with E-state index in [1.165, 1.54) is 94.2 Å². The Bertz CT molecular complexity index is 2160. The molecule has 0 aromatic heterocycles. The van der Waals surface area contributed by atoms with Gasteiger partial charge in [-0.1, -0.05) is 131 Å². The molecular formula is C53H52Cl4Zr. The van der Waals surface area contributed by atoms with Crippen molar-refractivity contribution in [2.24, 2.45) is 0 Å². The van der Waals surface area contributed by atoms with Crippen LogP contribution in [0.3, 0.4) is 0 Å². The topological polar surface area (TPSA) is 0 Å². The molecule has 2 aliphatic rings. The van der Waals surface area contributed by atoms with Crippen molar-refractivity contribution in [2.75, 3.05) is 0 Å². The van der Waals surface area contributed by atoms with Gasteiger partial charge in [0.05, 0.1) is 0 Å². The summed E-state index contributed by atoms with van der Waals surface area (Å²) in [4.78, 5) is 0. The number of rotatable bonds is 6. The van der Waals surface area contributed by atoms with E-state index < -0.39 is 0 Å². The zero-order valence-corrected chi connectivity index (χ0v) is 39.9. The third kappa shape index (κ3) is 12.6. The first-order chi connectivity index (χ1) is 26.8. The number of benzene rings is 6. The molecule has 0 N–H and O–H groups in total. The van der Waals surface area contributed by atoms with Gasteiger partial charge in [0.1, 0.15) is 0 Å². The maximum absolute atomic E-state index is 5.88. The molecule has 0 aliphatic heterocycles. The van der Waals surface area contributed by atoms with Crippen LogP contribution in [0.5, 0.6) is 0 Å². The van der Waals surface area contributed by atoms with E-state index in [9.17, 15) is 0 Å². The minimum atomic E-state index is 0. The molecule has 0 amide bonds. The van der Waals surface area contributed by atoms with Gasteiger partial charge in [-0.25, -0.2) is 12.2 Å². The van der Waals surface area contributed by atoms with Gasteiger partial charge in [-0.15, -0.1) is 60.1 Å². The zero-order chi connectivity index (χ0) is 39.9. The summed E-state index contributed by atoms with van der Waals surface area (Å²) in [6.45, 7) is 13.9. The SMILES string of the molecule is CC(C)(C)c1cc2c([c-]c1-c1ccccc1)Cc1cc(-c3ccccc3)c(C(C)(C)C)cc1-2.Cl.Cl.Clc1ccc(C[C](=[Zr+2])Cc2ccc(Cl)cc2)cc1.[C-]1=CC=CC1. The van der Waals surface area contributed by atoms with Crippen molar-refractivity contribution in [3.63, 3.8) is 0 Å². The standard InChI is InChI=1S/C33H33.C15H12Cl2.C5H5.2ClH.Zr/c1-32(2,3)30-20-26-24(18-28(30)22-13-9-7-10-14-22)17-25-19-29(23-15-11-8-12-16-23)31(21-27(25)26)33(4,5)6;16-14-8-4-12(5-9-14)2-1-3-13-6-10-15(17)11-7-13;1-2-4-5-3-1;;;/h7-16,18,20-21H,17H2,1-6H3;4-11H,2-3H2;1-3H,4H2;2*1H;/q-1;;-1;;;+2. The second-order valence-corrected chi connectivity index (χ2v) is 19.2. The van der Waals surface area contributed by atoms with Gasteiger partial charge in [0.15, 0.2) is 0 Å². The van der Waals surface area contributed by atoms with Crippen molar-refractivity contribution >= 4 is 51.2 Å². The smallest absolute Gasteiger partial charge is 0.109 e. The minimum absolute atomic E-state index is 0. The molecule has 2 aliphatic carbocycles. The maximum Gasteiger partial charge on any atom is -0.109 e. The van der Waals surface area contributed by atoms with Gasteiger partial charge in [0.25, 0.3) is 0 Å². The quantitative estimate of drug-likeness (QED) is 0.146. The molecule has 0 spiro atoms. The van der Waals surface area contributed by atoms with E-state index in [0.717, 1.165) is 35.7 Å². The summed E-state index contributed by atoms with van der Waals surface area (Å²) in [6, 6.07) is 49.0. The van der Waals surface area contributed by atoms with E-state index in [1.54, 1.807) is 0 Å². The van der Waals surface area contributed by atoms with Gasteiger partial charge in [0, 0.05) is 0 Å². The molecule has 0 unspecified atom stereocenters. The Hall–Kier alpha value is -3.29. The molecule has 0 heterocycles. The zero-order valence-electron chi connectivity index (χ0n) is 34.3. The fraction of sp³-hybridized carbons (Fsp3) is 0.226. The molecule has 0 bridgehead atoms. The first kappa shape index (κ1) is 47.4. The van der Waals surface area contributed by atoms with Gasteiger partial charge in [0.2, 0.25) is 0 Å². The molecule has 5 heteroatoms. The van der Waals surface area contributed by atoms with Crippen LogP contribution in [0.2, 0.25) is 10.0 Å². The normalized spacial score (nSPS) is 12.2. The molecule has 6 aromatic rings. The van der Waals surface area contributed by atoms with Crippen LogP contribution in [0.1, 0.15) is 81.3 Å². The van der Waals surface area contributed by atoms with Crippen LogP contribution in [0, 0.1) is 12.1 Å². The van der Waals surface area contributed by atoms with E-state index in [-0.39, 0.29) is 35.6 Å². The van der Waals surface area contributed by atoms with Gasteiger partial charge in [-0.05, 0) is 39.5 Å². The molecule has 0 saturated heterocycles. The van der Waals surface area contributed by atoms with E-state index in [0.29, 0.717) is 0 Å². The third-order valence-electron chi connectivity index (χ3n) is 10.1. The molecule has 0 radical (unpaired) electrons. The van der Waals surface area contributed by atoms with Crippen LogP contribution >= 0.6 is 48.0 Å². The second-order valence-electron chi connectivity index (χ2n) is 16.6. The predicted molar refractivity (Wildman–Crippen MR) is 253 cm³/mol. The number of hydrogen-bond acceptors (Lipinski definition) is 0. The van der Waals surface area contributed by atoms with Crippen LogP contribution in [-0.2, 0) is 54.3 Å². The molecule has 0 nitrogen and oxygen atoms in total. The van der Waals surface area contributed by atoms with Crippen LogP contribution in [-0.4, -0.2) is 3.21 Å². The third-order valence-corrected chi connectivity index (χ3v) is 11.4. The van der Waals surface area contributed by atoms with Crippen LogP contribution in [0.15, 0.2) is 146 Å². The first-order valence-corrected chi connectivity index (χ1v) is 21.4. The fourth-order valence-electron chi connectivity index (χ4n) is 7.20. The Morgan fingerprint density at radius 3 is 1.55 bits per heavy atom. The average molecular weight is 922 g/mol. The van der Waals surface area contributed by atoms with Crippen molar-refractivity contribution in [1.82, 2.24) is 0 Å². The van der Waals surface area contributed by atoms with Gasteiger partial charge >= 0.3 is 133 Å². The van der Waals surface area contributed by atoms with E-state index in [1.807, 2.05) is 36.4 Å². The summed E-state index contributed by atoms with van der Waals surface area (Å²) in [5.74, 6) is 0. The van der Waals surface area contributed by atoms with Crippen molar-refractivity contribution in [3.8, 4) is 33.4 Å². The Morgan fingerprint density at radius 1 is 0.603 bits per heavy atom. The summed E-state index contributed by atoms with van der Waals surface area (Å²) >= 11 is 13.2. The van der Waals surface area contributed by atoms with Crippen LogP contribution in [0.25, 0.3) is 33.4 Å². The fourth-order valence-corrected chi connectivity index (χ4v) is 8.46. The number of allylic oxidation sites excluding steroid dienone is 4. The Kier molecular flexibility index (Phi) is 17.4. The number of halogens is 4. The van der Waals surface area contributed by atoms with Crippen LogP contribution < -0.4 is 0 Å². The Labute approximate surface area is 385 Å².